The molecule has 3 aromatic rings. The van der Waals surface area contributed by atoms with Gasteiger partial charge in [0, 0.05) is 6.54 Å². The van der Waals surface area contributed by atoms with Gasteiger partial charge in [-0.3, -0.25) is 0 Å². The topological polar surface area (TPSA) is 54.7 Å². The molecule has 0 aliphatic rings. The van der Waals surface area contributed by atoms with Crippen molar-refractivity contribution in [3.63, 3.8) is 0 Å². The predicted octanol–water partition coefficient (Wildman–Crippen LogP) is 4.00. The summed E-state index contributed by atoms with van der Waals surface area (Å²) in [5.41, 5.74) is 9.19. The van der Waals surface area contributed by atoms with Crippen LogP contribution in [-0.2, 0) is 6.54 Å². The van der Waals surface area contributed by atoms with Crippen LogP contribution in [0.15, 0.2) is 36.4 Å². The van der Waals surface area contributed by atoms with Crippen LogP contribution >= 0.6 is 23.2 Å². The van der Waals surface area contributed by atoms with Crippen LogP contribution in [0, 0.1) is 0 Å². The molecule has 3 N–H and O–H groups in total. The lowest BCUT2D eigenvalue weighted by atomic mass is 10.2. The van der Waals surface area contributed by atoms with E-state index in [9.17, 15) is 0 Å². The summed E-state index contributed by atoms with van der Waals surface area (Å²) in [6, 6.07) is 11.3. The fraction of sp³-hybridized carbons (Fsp3) is 0.0714. The number of rotatable bonds is 2. The highest BCUT2D eigenvalue weighted by Crippen LogP contribution is 2.33. The summed E-state index contributed by atoms with van der Waals surface area (Å²) in [5, 5.41) is 1.15. The van der Waals surface area contributed by atoms with Crippen LogP contribution in [0.4, 0.5) is 0 Å². The Morgan fingerprint density at radius 2 is 1.84 bits per heavy atom. The van der Waals surface area contributed by atoms with Gasteiger partial charge in [-0.1, -0.05) is 35.3 Å². The third-order valence-electron chi connectivity index (χ3n) is 2.98. The molecular formula is C14H11Cl2N3. The van der Waals surface area contributed by atoms with Gasteiger partial charge in [-0.25, -0.2) is 4.98 Å². The zero-order valence-corrected chi connectivity index (χ0v) is 11.5. The zero-order valence-electron chi connectivity index (χ0n) is 9.95. The van der Waals surface area contributed by atoms with Gasteiger partial charge in [0.25, 0.3) is 0 Å². The largest absolute Gasteiger partial charge is 0.338 e. The van der Waals surface area contributed by atoms with E-state index in [4.69, 9.17) is 28.9 Å². The number of nitrogens with one attached hydrogen (secondary N) is 1. The molecule has 5 heteroatoms. The number of hydrogen-bond acceptors (Lipinski definition) is 2. The number of hydrogen-bond donors (Lipinski definition) is 2. The maximum atomic E-state index is 6.19. The van der Waals surface area contributed by atoms with Gasteiger partial charge >= 0.3 is 0 Å². The first-order valence-electron chi connectivity index (χ1n) is 5.82. The van der Waals surface area contributed by atoms with E-state index in [-0.39, 0.29) is 0 Å². The van der Waals surface area contributed by atoms with Crippen molar-refractivity contribution in [1.29, 1.82) is 0 Å². The smallest absolute Gasteiger partial charge is 0.141 e. The lowest BCUT2D eigenvalue weighted by Gasteiger charge is -2.02. The average Bonchev–Trinajstić information content (AvgIpc) is 2.80. The summed E-state index contributed by atoms with van der Waals surface area (Å²) in [5.74, 6) is 0.666. The minimum Gasteiger partial charge on any atom is -0.338 e. The fourth-order valence-electron chi connectivity index (χ4n) is 2.03. The summed E-state index contributed by atoms with van der Waals surface area (Å²) in [4.78, 5) is 7.75. The molecule has 0 aliphatic heterocycles. The van der Waals surface area contributed by atoms with Crippen molar-refractivity contribution in [2.24, 2.45) is 5.73 Å². The Balaban J connectivity index is 2.21. The molecule has 0 amide bonds. The van der Waals surface area contributed by atoms with E-state index in [0.717, 1.165) is 22.2 Å². The van der Waals surface area contributed by atoms with Gasteiger partial charge in [-0.05, 0) is 29.8 Å². The molecule has 0 saturated heterocycles. The molecule has 1 heterocycles. The Bertz CT molecular complexity index is 729. The van der Waals surface area contributed by atoms with E-state index < -0.39 is 0 Å². The van der Waals surface area contributed by atoms with E-state index in [0.29, 0.717) is 22.4 Å². The fourth-order valence-corrected chi connectivity index (χ4v) is 2.60. The quantitative estimate of drug-likeness (QED) is 0.750. The van der Waals surface area contributed by atoms with Crippen molar-refractivity contribution >= 4 is 34.2 Å². The summed E-state index contributed by atoms with van der Waals surface area (Å²) < 4.78 is 0. The average molecular weight is 292 g/mol. The number of nitrogens with two attached hydrogens (primary N) is 1. The van der Waals surface area contributed by atoms with Crippen LogP contribution in [0.5, 0.6) is 0 Å². The minimum atomic E-state index is 0.497. The van der Waals surface area contributed by atoms with Gasteiger partial charge < -0.3 is 10.7 Å². The Kier molecular flexibility index (Phi) is 3.19. The van der Waals surface area contributed by atoms with Crippen LogP contribution in [0.1, 0.15) is 5.56 Å². The molecule has 0 radical (unpaired) electrons. The van der Waals surface area contributed by atoms with Crippen molar-refractivity contribution in [3.05, 3.63) is 52.0 Å². The maximum Gasteiger partial charge on any atom is 0.141 e. The molecule has 3 rings (SSSR count). The third kappa shape index (κ3) is 2.21. The van der Waals surface area contributed by atoms with E-state index in [1.54, 1.807) is 12.1 Å². The molecule has 0 aliphatic carbocycles. The number of fused-ring (bicyclic) bond motifs is 1. The summed E-state index contributed by atoms with van der Waals surface area (Å²) in [6.07, 6.45) is 0. The Morgan fingerprint density at radius 3 is 2.53 bits per heavy atom. The van der Waals surface area contributed by atoms with Crippen LogP contribution in [0.2, 0.25) is 10.0 Å². The first-order chi connectivity index (χ1) is 9.19. The summed E-state index contributed by atoms with van der Waals surface area (Å²) in [7, 11) is 0. The van der Waals surface area contributed by atoms with Crippen LogP contribution in [0.3, 0.4) is 0 Å². The monoisotopic (exact) mass is 291 g/mol. The highest BCUT2D eigenvalue weighted by molar-refractivity contribution is 6.39. The minimum absolute atomic E-state index is 0.497. The zero-order chi connectivity index (χ0) is 13.4. The SMILES string of the molecule is NCc1ccc2nc(-c3c(Cl)cccc3Cl)[nH]c2c1. The second-order valence-electron chi connectivity index (χ2n) is 4.24. The highest BCUT2D eigenvalue weighted by Gasteiger charge is 2.12. The molecule has 3 nitrogen and oxygen atoms in total. The number of nitrogens with zero attached hydrogens (tertiary/aromatic N) is 1. The molecule has 19 heavy (non-hydrogen) atoms. The maximum absolute atomic E-state index is 6.19. The molecule has 0 spiro atoms. The Morgan fingerprint density at radius 1 is 1.11 bits per heavy atom. The van der Waals surface area contributed by atoms with Gasteiger partial charge in [0.05, 0.1) is 26.6 Å². The van der Waals surface area contributed by atoms with E-state index in [1.807, 2.05) is 24.3 Å². The second-order valence-corrected chi connectivity index (χ2v) is 5.05. The van der Waals surface area contributed by atoms with Crippen molar-refractivity contribution in [2.75, 3.05) is 0 Å². The normalized spacial score (nSPS) is 11.1. The van der Waals surface area contributed by atoms with Gasteiger partial charge in [0.15, 0.2) is 0 Å². The standard InChI is InChI=1S/C14H11Cl2N3/c15-9-2-1-3-10(16)13(9)14-18-11-5-4-8(7-17)6-12(11)19-14/h1-6H,7,17H2,(H,18,19). The van der Waals surface area contributed by atoms with Gasteiger partial charge in [0.1, 0.15) is 5.82 Å². The Labute approximate surface area is 120 Å². The van der Waals surface area contributed by atoms with Gasteiger partial charge in [-0.2, -0.15) is 0 Å². The van der Waals surface area contributed by atoms with Gasteiger partial charge in [0.2, 0.25) is 0 Å². The van der Waals surface area contributed by atoms with E-state index >= 15 is 0 Å². The van der Waals surface area contributed by atoms with Crippen LogP contribution in [0.25, 0.3) is 22.4 Å². The van der Waals surface area contributed by atoms with Gasteiger partial charge in [-0.15, -0.1) is 0 Å². The number of benzene rings is 2. The molecule has 0 unspecified atom stereocenters. The molecular weight excluding hydrogens is 281 g/mol. The van der Waals surface area contributed by atoms with Crippen molar-refractivity contribution < 1.29 is 0 Å². The molecule has 0 bridgehead atoms. The highest BCUT2D eigenvalue weighted by atomic mass is 35.5. The third-order valence-corrected chi connectivity index (χ3v) is 3.61. The predicted molar refractivity (Wildman–Crippen MR) is 79.4 cm³/mol. The number of halogens is 2. The Hall–Kier alpha value is -1.55. The van der Waals surface area contributed by atoms with Crippen molar-refractivity contribution in [1.82, 2.24) is 9.97 Å². The molecule has 96 valence electrons. The van der Waals surface area contributed by atoms with Crippen molar-refractivity contribution in [2.45, 2.75) is 6.54 Å². The molecule has 0 fully saturated rings. The molecule has 1 aromatic heterocycles. The summed E-state index contributed by atoms with van der Waals surface area (Å²) in [6.45, 7) is 0.497. The molecule has 0 atom stereocenters. The lowest BCUT2D eigenvalue weighted by molar-refractivity contribution is 1.07. The van der Waals surface area contributed by atoms with Crippen molar-refractivity contribution in [3.8, 4) is 11.4 Å². The lowest BCUT2D eigenvalue weighted by Crippen LogP contribution is -1.95. The van der Waals surface area contributed by atoms with E-state index in [2.05, 4.69) is 9.97 Å². The first kappa shape index (κ1) is 12.5. The molecule has 2 aromatic carbocycles. The molecule has 0 saturated carbocycles. The second kappa shape index (κ2) is 4.85. The summed E-state index contributed by atoms with van der Waals surface area (Å²) >= 11 is 12.4. The van der Waals surface area contributed by atoms with E-state index in [1.165, 1.54) is 0 Å². The van der Waals surface area contributed by atoms with Crippen LogP contribution in [-0.4, -0.2) is 9.97 Å². The van der Waals surface area contributed by atoms with Crippen LogP contribution < -0.4 is 5.73 Å². The number of aromatic nitrogens is 2. The first-order valence-corrected chi connectivity index (χ1v) is 6.57. The number of imidazole rings is 1. The number of aromatic amines is 1. The number of H-pyrrole nitrogens is 1.